The fourth-order valence-corrected chi connectivity index (χ4v) is 7.23. The molecule has 3 heterocycles. The second kappa shape index (κ2) is 13.8. The van der Waals surface area contributed by atoms with Gasteiger partial charge in [-0.25, -0.2) is 9.97 Å². The number of piperazine rings is 1. The van der Waals surface area contributed by atoms with Crippen molar-refractivity contribution in [2.45, 2.75) is 64.1 Å². The van der Waals surface area contributed by atoms with Gasteiger partial charge in [-0.05, 0) is 86.4 Å². The first-order valence-corrected chi connectivity index (χ1v) is 16.7. The lowest BCUT2D eigenvalue weighted by atomic mass is 9.84. The third-order valence-electron chi connectivity index (χ3n) is 9.82. The SMILES string of the molecule is COc1cc2c(cc1OC(C)C)C(c1ccc(N)cc1)N(c1cnc(N(C)CC3CCC(N4CCN(C)C(=O)C4)CC3)cn1)C(=O)C2. The highest BCUT2D eigenvalue weighted by Crippen LogP contribution is 2.43. The number of ether oxygens (including phenoxy) is 2. The van der Waals surface area contributed by atoms with E-state index in [0.717, 1.165) is 67.8 Å². The lowest BCUT2D eigenvalue weighted by Crippen LogP contribution is -2.53. The number of benzene rings is 2. The van der Waals surface area contributed by atoms with Crippen molar-refractivity contribution in [1.29, 1.82) is 0 Å². The van der Waals surface area contributed by atoms with Crippen LogP contribution in [-0.2, 0) is 16.0 Å². The van der Waals surface area contributed by atoms with Crippen LogP contribution in [0, 0.1) is 5.92 Å². The van der Waals surface area contributed by atoms with Crippen LogP contribution in [0.3, 0.4) is 0 Å². The van der Waals surface area contributed by atoms with E-state index in [2.05, 4.69) is 16.8 Å². The van der Waals surface area contributed by atoms with E-state index in [1.807, 2.05) is 62.2 Å². The number of likely N-dealkylation sites (N-methyl/N-ethyl adjacent to an activating group) is 1. The number of amides is 2. The highest BCUT2D eigenvalue weighted by atomic mass is 16.5. The average Bonchev–Trinajstić information content (AvgIpc) is 3.06. The largest absolute Gasteiger partial charge is 0.493 e. The summed E-state index contributed by atoms with van der Waals surface area (Å²) in [5.74, 6) is 3.19. The molecule has 0 spiro atoms. The molecular formula is C36H47N7O4. The molecule has 3 aromatic rings. The van der Waals surface area contributed by atoms with Gasteiger partial charge in [0.05, 0.1) is 44.6 Å². The van der Waals surface area contributed by atoms with E-state index in [9.17, 15) is 9.59 Å². The van der Waals surface area contributed by atoms with Crippen LogP contribution in [0.1, 0.15) is 62.3 Å². The molecule has 1 aliphatic carbocycles. The fraction of sp³-hybridized carbons (Fsp3) is 0.500. The number of rotatable bonds is 9. The van der Waals surface area contributed by atoms with Crippen molar-refractivity contribution < 1.29 is 19.1 Å². The number of fused-ring (bicyclic) bond motifs is 1. The van der Waals surface area contributed by atoms with E-state index < -0.39 is 6.04 Å². The smallest absolute Gasteiger partial charge is 0.236 e. The van der Waals surface area contributed by atoms with Crippen LogP contribution in [0.4, 0.5) is 17.3 Å². The molecule has 11 heteroatoms. The Morgan fingerprint density at radius 1 is 0.979 bits per heavy atom. The predicted molar refractivity (Wildman–Crippen MR) is 183 cm³/mol. The Bertz CT molecular complexity index is 1570. The molecule has 1 unspecified atom stereocenters. The Kier molecular flexibility index (Phi) is 9.54. The van der Waals surface area contributed by atoms with Gasteiger partial charge in [0.1, 0.15) is 5.82 Å². The third kappa shape index (κ3) is 7.00. The molecule has 2 fully saturated rings. The monoisotopic (exact) mass is 641 g/mol. The number of aromatic nitrogens is 2. The van der Waals surface area contributed by atoms with E-state index in [4.69, 9.17) is 25.2 Å². The Morgan fingerprint density at radius 3 is 2.36 bits per heavy atom. The number of anilines is 3. The van der Waals surface area contributed by atoms with Gasteiger partial charge < -0.3 is 25.0 Å². The summed E-state index contributed by atoms with van der Waals surface area (Å²) in [6, 6.07) is 11.5. The van der Waals surface area contributed by atoms with Crippen LogP contribution in [0.15, 0.2) is 48.8 Å². The molecule has 1 aromatic heterocycles. The lowest BCUT2D eigenvalue weighted by Gasteiger charge is -2.41. The highest BCUT2D eigenvalue weighted by Gasteiger charge is 2.37. The van der Waals surface area contributed by atoms with Crippen LogP contribution in [0.2, 0.25) is 0 Å². The number of methoxy groups -OCH3 is 1. The quantitative estimate of drug-likeness (QED) is 0.341. The Balaban J connectivity index is 1.19. The standard InChI is InChI=1S/C36H47N7O4/c1-23(2)47-31-18-29-26(16-30(31)46-5)17-34(44)43(36(29)25-8-10-27(37)11-9-25)33-20-38-32(19-39-33)41(4)21-24-6-12-28(13-7-24)42-15-14-40(3)35(45)22-42/h8-11,16,18-20,23-24,28,36H,6-7,12-15,17,21-22,37H2,1-5H3. The molecule has 0 radical (unpaired) electrons. The van der Waals surface area contributed by atoms with Gasteiger partial charge in [0, 0.05) is 45.5 Å². The van der Waals surface area contributed by atoms with Gasteiger partial charge in [-0.3, -0.25) is 19.4 Å². The van der Waals surface area contributed by atoms with Gasteiger partial charge in [-0.2, -0.15) is 0 Å². The summed E-state index contributed by atoms with van der Waals surface area (Å²) in [5, 5.41) is 0. The van der Waals surface area contributed by atoms with Gasteiger partial charge >= 0.3 is 0 Å². The van der Waals surface area contributed by atoms with E-state index >= 15 is 0 Å². The van der Waals surface area contributed by atoms with E-state index in [0.29, 0.717) is 41.5 Å². The van der Waals surface area contributed by atoms with Crippen LogP contribution in [0.5, 0.6) is 11.5 Å². The number of nitrogens with zero attached hydrogens (tertiary/aromatic N) is 6. The zero-order chi connectivity index (χ0) is 33.2. The molecule has 2 aliphatic heterocycles. The summed E-state index contributed by atoms with van der Waals surface area (Å²) in [4.78, 5) is 43.8. The number of hydrogen-bond donors (Lipinski definition) is 1. The highest BCUT2D eigenvalue weighted by molar-refractivity contribution is 5.97. The van der Waals surface area contributed by atoms with E-state index in [1.54, 1.807) is 24.4 Å². The van der Waals surface area contributed by atoms with Crippen molar-refractivity contribution in [3.8, 4) is 11.5 Å². The van der Waals surface area contributed by atoms with Crippen molar-refractivity contribution in [2.75, 3.05) is 62.9 Å². The minimum atomic E-state index is -0.448. The molecule has 11 nitrogen and oxygen atoms in total. The number of hydrogen-bond acceptors (Lipinski definition) is 9. The summed E-state index contributed by atoms with van der Waals surface area (Å²) in [6.07, 6.45) is 8.09. The molecule has 1 saturated heterocycles. The molecule has 1 atom stereocenters. The van der Waals surface area contributed by atoms with Gasteiger partial charge in [0.2, 0.25) is 11.8 Å². The second-order valence-corrected chi connectivity index (χ2v) is 13.5. The van der Waals surface area contributed by atoms with E-state index in [1.165, 1.54) is 0 Å². The van der Waals surface area contributed by atoms with E-state index in [-0.39, 0.29) is 24.3 Å². The van der Waals surface area contributed by atoms with Crippen LogP contribution < -0.4 is 25.0 Å². The van der Waals surface area contributed by atoms with Crippen LogP contribution in [0.25, 0.3) is 0 Å². The summed E-state index contributed by atoms with van der Waals surface area (Å²) >= 11 is 0. The van der Waals surface area contributed by atoms with Gasteiger partial charge in [0.25, 0.3) is 0 Å². The third-order valence-corrected chi connectivity index (χ3v) is 9.82. The number of nitrogen functional groups attached to an aromatic ring is 1. The Morgan fingerprint density at radius 2 is 1.72 bits per heavy atom. The fourth-order valence-electron chi connectivity index (χ4n) is 7.23. The van der Waals surface area contributed by atoms with Crippen molar-refractivity contribution in [1.82, 2.24) is 19.8 Å². The zero-order valence-corrected chi connectivity index (χ0v) is 28.2. The molecular weight excluding hydrogens is 594 g/mol. The molecule has 0 bridgehead atoms. The summed E-state index contributed by atoms with van der Waals surface area (Å²) in [7, 11) is 5.55. The molecule has 2 N–H and O–H groups in total. The lowest BCUT2D eigenvalue weighted by molar-refractivity contribution is -0.135. The molecule has 47 heavy (non-hydrogen) atoms. The first-order chi connectivity index (χ1) is 22.6. The first kappa shape index (κ1) is 32.6. The molecule has 2 aromatic carbocycles. The Hall–Kier alpha value is -4.38. The summed E-state index contributed by atoms with van der Waals surface area (Å²) < 4.78 is 11.8. The summed E-state index contributed by atoms with van der Waals surface area (Å²) in [6.45, 7) is 7.15. The molecule has 1 saturated carbocycles. The summed E-state index contributed by atoms with van der Waals surface area (Å²) in [5.41, 5.74) is 9.44. The van der Waals surface area contributed by atoms with Gasteiger partial charge in [0.15, 0.2) is 17.3 Å². The number of nitrogens with two attached hydrogens (primary N) is 1. The topological polar surface area (TPSA) is 117 Å². The maximum absolute atomic E-state index is 13.9. The van der Waals surface area contributed by atoms with Crippen molar-refractivity contribution in [3.05, 3.63) is 65.5 Å². The minimum absolute atomic E-state index is 0.0497. The van der Waals surface area contributed by atoms with Crippen molar-refractivity contribution in [3.63, 3.8) is 0 Å². The number of carbonyl (C=O) groups excluding carboxylic acids is 2. The van der Waals surface area contributed by atoms with Gasteiger partial charge in [-0.15, -0.1) is 0 Å². The zero-order valence-electron chi connectivity index (χ0n) is 28.2. The van der Waals surface area contributed by atoms with Crippen molar-refractivity contribution >= 4 is 29.1 Å². The maximum atomic E-state index is 13.9. The average molecular weight is 642 g/mol. The molecule has 250 valence electrons. The maximum Gasteiger partial charge on any atom is 0.236 e. The molecule has 3 aliphatic rings. The Labute approximate surface area is 277 Å². The minimum Gasteiger partial charge on any atom is -0.493 e. The van der Waals surface area contributed by atoms with Crippen LogP contribution >= 0.6 is 0 Å². The number of carbonyl (C=O) groups is 2. The predicted octanol–water partition coefficient (Wildman–Crippen LogP) is 4.30. The second-order valence-electron chi connectivity index (χ2n) is 13.5. The van der Waals surface area contributed by atoms with Crippen molar-refractivity contribution in [2.24, 2.45) is 5.92 Å². The van der Waals surface area contributed by atoms with Crippen LogP contribution in [-0.4, -0.2) is 91.1 Å². The normalized spacial score (nSPS) is 22.0. The van der Waals surface area contributed by atoms with Gasteiger partial charge in [-0.1, -0.05) is 12.1 Å². The molecule has 6 rings (SSSR count). The first-order valence-electron chi connectivity index (χ1n) is 16.7. The molecule has 2 amide bonds.